The van der Waals surface area contributed by atoms with E-state index in [0.29, 0.717) is 10.9 Å². The fourth-order valence-electron chi connectivity index (χ4n) is 3.27. The van der Waals surface area contributed by atoms with Gasteiger partial charge in [0.15, 0.2) is 0 Å². The van der Waals surface area contributed by atoms with Gasteiger partial charge in [0.2, 0.25) is 9.84 Å². The van der Waals surface area contributed by atoms with Gasteiger partial charge in [0.1, 0.15) is 10.7 Å². The van der Waals surface area contributed by atoms with Crippen molar-refractivity contribution in [1.29, 1.82) is 0 Å². The second-order valence-electron chi connectivity index (χ2n) is 6.90. The molecular weight excluding hydrogens is 369 g/mol. The maximum Gasteiger partial charge on any atom is 0.307 e. The highest BCUT2D eigenvalue weighted by Crippen LogP contribution is 2.25. The van der Waals surface area contributed by atoms with Gasteiger partial charge in [-0.1, -0.05) is 26.0 Å². The van der Waals surface area contributed by atoms with E-state index in [-0.39, 0.29) is 16.0 Å². The van der Waals surface area contributed by atoms with Crippen molar-refractivity contribution in [2.24, 2.45) is 4.99 Å². The molecule has 5 nitrogen and oxygen atoms in total. The first-order chi connectivity index (χ1) is 12.6. The molecule has 0 aromatic heterocycles. The molecule has 0 spiro atoms. The predicted octanol–water partition coefficient (Wildman–Crippen LogP) is 2.43. The number of hydrogen-bond acceptors (Lipinski definition) is 4. The Morgan fingerprint density at radius 2 is 1.81 bits per heavy atom. The summed E-state index contributed by atoms with van der Waals surface area (Å²) < 4.78 is 41.1. The number of carbonyl (C=O) groups is 1. The number of nitrogens with zero attached hydrogens (tertiary/aromatic N) is 1. The minimum atomic E-state index is -4.18. The molecular formula is C20H20FNO4S. The quantitative estimate of drug-likeness (QED) is 0.851. The van der Waals surface area contributed by atoms with Crippen LogP contribution in [0.5, 0.6) is 0 Å². The highest BCUT2D eigenvalue weighted by Gasteiger charge is 2.29. The molecule has 1 N–H and O–H groups in total. The van der Waals surface area contributed by atoms with Crippen LogP contribution in [0.4, 0.5) is 4.39 Å². The number of carboxylic acid groups (broad SMARTS) is 1. The molecule has 0 saturated carbocycles. The van der Waals surface area contributed by atoms with Gasteiger partial charge >= 0.3 is 5.97 Å². The Hall–Kier alpha value is -2.54. The fraction of sp³-hybridized carbons (Fsp3) is 0.300. The van der Waals surface area contributed by atoms with E-state index in [0.717, 1.165) is 11.6 Å². The molecule has 0 bridgehead atoms. The van der Waals surface area contributed by atoms with Crippen molar-refractivity contribution in [3.8, 4) is 0 Å². The van der Waals surface area contributed by atoms with Gasteiger partial charge in [-0.3, -0.25) is 9.79 Å². The number of rotatable bonds is 5. The summed E-state index contributed by atoms with van der Waals surface area (Å²) in [6, 6.07) is 8.24. The summed E-state index contributed by atoms with van der Waals surface area (Å²) in [7, 11) is -4.18. The Balaban J connectivity index is 2.30. The summed E-state index contributed by atoms with van der Waals surface area (Å²) in [6.45, 7) is 5.65. The summed E-state index contributed by atoms with van der Waals surface area (Å²) in [4.78, 5) is 15.0. The van der Waals surface area contributed by atoms with Crippen LogP contribution in [0.3, 0.4) is 0 Å². The van der Waals surface area contributed by atoms with Gasteiger partial charge in [-0.2, -0.15) is 0 Å². The van der Waals surface area contributed by atoms with E-state index < -0.39 is 39.0 Å². The summed E-state index contributed by atoms with van der Waals surface area (Å²) in [6.07, 6.45) is -0.393. The Morgan fingerprint density at radius 1 is 1.19 bits per heavy atom. The Bertz CT molecular complexity index is 1140. The lowest BCUT2D eigenvalue weighted by atomic mass is 10.0. The van der Waals surface area contributed by atoms with E-state index in [2.05, 4.69) is 4.99 Å². The van der Waals surface area contributed by atoms with Crippen LogP contribution in [0, 0.1) is 5.82 Å². The van der Waals surface area contributed by atoms with Crippen LogP contribution in [-0.2, 0) is 14.6 Å². The second kappa shape index (κ2) is 6.88. The molecule has 3 rings (SSSR count). The van der Waals surface area contributed by atoms with E-state index in [1.807, 2.05) is 13.8 Å². The molecule has 0 radical (unpaired) electrons. The molecule has 1 aliphatic heterocycles. The largest absolute Gasteiger partial charge is 0.481 e. The van der Waals surface area contributed by atoms with E-state index in [1.54, 1.807) is 19.1 Å². The Kier molecular flexibility index (Phi) is 4.90. The van der Waals surface area contributed by atoms with Crippen LogP contribution in [0.15, 0.2) is 51.2 Å². The van der Waals surface area contributed by atoms with Crippen molar-refractivity contribution in [2.75, 3.05) is 0 Å². The highest BCUT2D eigenvalue weighted by molar-refractivity contribution is 7.91. The Labute approximate surface area is 156 Å². The first kappa shape index (κ1) is 19.2. The lowest BCUT2D eigenvalue weighted by Gasteiger charge is -2.11. The number of sulfone groups is 1. The third-order valence-corrected chi connectivity index (χ3v) is 6.54. The zero-order valence-corrected chi connectivity index (χ0v) is 16.0. The van der Waals surface area contributed by atoms with E-state index in [1.165, 1.54) is 18.2 Å². The molecule has 142 valence electrons. The lowest BCUT2D eigenvalue weighted by molar-refractivity contribution is -0.135. The number of fused-ring (bicyclic) bond motifs is 1. The molecule has 1 heterocycles. The molecule has 2 aromatic carbocycles. The molecule has 1 aliphatic rings. The maximum absolute atomic E-state index is 14.7. The molecule has 1 atom stereocenters. The molecule has 0 saturated heterocycles. The van der Waals surface area contributed by atoms with Crippen LogP contribution in [0.1, 0.15) is 38.7 Å². The third kappa shape index (κ3) is 3.39. The molecule has 0 amide bonds. The van der Waals surface area contributed by atoms with Gasteiger partial charge in [0.25, 0.3) is 0 Å². The van der Waals surface area contributed by atoms with Gasteiger partial charge in [0.05, 0.1) is 22.7 Å². The van der Waals surface area contributed by atoms with Crippen LogP contribution >= 0.6 is 0 Å². The van der Waals surface area contributed by atoms with Crippen LogP contribution < -0.4 is 10.6 Å². The molecule has 2 aromatic rings. The first-order valence-electron chi connectivity index (χ1n) is 8.59. The predicted molar refractivity (Wildman–Crippen MR) is 98.3 cm³/mol. The lowest BCUT2D eigenvalue weighted by Crippen LogP contribution is -2.32. The number of benzene rings is 2. The van der Waals surface area contributed by atoms with E-state index >= 15 is 0 Å². The van der Waals surface area contributed by atoms with Gasteiger partial charge in [-0.25, -0.2) is 12.8 Å². The molecule has 0 fully saturated rings. The molecule has 1 unspecified atom stereocenters. The van der Waals surface area contributed by atoms with E-state index in [9.17, 15) is 22.7 Å². The zero-order chi connectivity index (χ0) is 19.9. The number of aliphatic carboxylic acids is 1. The standard InChI is InChI=1S/C20H20FNO4S/c1-11(2)13-4-6-14(7-5-13)27(25,26)20-16(21)8-9-17-19(20)15(10-18(23)24)12(3)22-17/h4-9,11-12H,10H2,1-3H3,(H,23,24). The van der Waals surface area contributed by atoms with Gasteiger partial charge in [-0.05, 0) is 48.2 Å². The van der Waals surface area contributed by atoms with Crippen LogP contribution in [0.2, 0.25) is 0 Å². The first-order valence-corrected chi connectivity index (χ1v) is 10.1. The van der Waals surface area contributed by atoms with Crippen LogP contribution in [0.25, 0.3) is 5.57 Å². The van der Waals surface area contributed by atoms with E-state index in [4.69, 9.17) is 0 Å². The second-order valence-corrected chi connectivity index (χ2v) is 8.79. The number of halogens is 1. The Morgan fingerprint density at radius 3 is 2.37 bits per heavy atom. The average molecular weight is 389 g/mol. The zero-order valence-electron chi connectivity index (χ0n) is 15.2. The summed E-state index contributed by atoms with van der Waals surface area (Å²) >= 11 is 0. The van der Waals surface area contributed by atoms with Crippen molar-refractivity contribution in [1.82, 2.24) is 0 Å². The van der Waals surface area contributed by atoms with Crippen LogP contribution in [-0.4, -0.2) is 25.5 Å². The maximum atomic E-state index is 14.7. The SMILES string of the molecule is CC1N=c2ccc(F)c(S(=O)(=O)c3ccc(C(C)C)cc3)c2=C1CC(=O)O. The van der Waals surface area contributed by atoms with Crippen molar-refractivity contribution in [3.63, 3.8) is 0 Å². The van der Waals surface area contributed by atoms with Gasteiger partial charge < -0.3 is 5.11 Å². The highest BCUT2D eigenvalue weighted by atomic mass is 32.2. The van der Waals surface area contributed by atoms with Gasteiger partial charge in [-0.15, -0.1) is 0 Å². The topological polar surface area (TPSA) is 83.8 Å². The summed E-state index contributed by atoms with van der Waals surface area (Å²) in [5.41, 5.74) is 1.27. The molecule has 27 heavy (non-hydrogen) atoms. The number of hydrogen-bond donors (Lipinski definition) is 1. The summed E-state index contributed by atoms with van der Waals surface area (Å²) in [5, 5.41) is 9.56. The minimum absolute atomic E-state index is 0.0339. The van der Waals surface area contributed by atoms with Crippen molar-refractivity contribution < 1.29 is 22.7 Å². The minimum Gasteiger partial charge on any atom is -0.481 e. The van der Waals surface area contributed by atoms with Crippen molar-refractivity contribution in [3.05, 3.63) is 58.4 Å². The van der Waals surface area contributed by atoms with Crippen molar-refractivity contribution >= 4 is 21.4 Å². The normalized spacial score (nSPS) is 16.3. The summed E-state index contributed by atoms with van der Waals surface area (Å²) in [5.74, 6) is -1.79. The third-order valence-electron chi connectivity index (χ3n) is 4.71. The number of carboxylic acids is 1. The smallest absolute Gasteiger partial charge is 0.307 e. The van der Waals surface area contributed by atoms with Crippen molar-refractivity contribution in [2.45, 2.75) is 48.9 Å². The average Bonchev–Trinajstić information content (AvgIpc) is 2.90. The fourth-order valence-corrected chi connectivity index (χ4v) is 4.83. The monoisotopic (exact) mass is 389 g/mol. The molecule has 0 aliphatic carbocycles. The molecule has 7 heteroatoms. The van der Waals surface area contributed by atoms with Gasteiger partial charge in [0, 0.05) is 5.22 Å².